The van der Waals surface area contributed by atoms with Crippen molar-refractivity contribution in [1.29, 1.82) is 0 Å². The molecular weight excluding hydrogens is 212 g/mol. The smallest absolute Gasteiger partial charge is 0.151 e. The molecule has 1 aromatic heterocycles. The monoisotopic (exact) mass is 234 g/mol. The zero-order valence-electron chi connectivity index (χ0n) is 11.0. The lowest BCUT2D eigenvalue weighted by Crippen LogP contribution is -2.32. The summed E-state index contributed by atoms with van der Waals surface area (Å²) in [7, 11) is 0. The highest BCUT2D eigenvalue weighted by Crippen LogP contribution is 2.15. The summed E-state index contributed by atoms with van der Waals surface area (Å²) in [4.78, 5) is 17.2. The van der Waals surface area contributed by atoms with Crippen molar-refractivity contribution in [2.75, 3.05) is 11.4 Å². The molecule has 3 heteroatoms. The third-order valence-electron chi connectivity index (χ3n) is 2.83. The van der Waals surface area contributed by atoms with Gasteiger partial charge in [0.05, 0.1) is 0 Å². The van der Waals surface area contributed by atoms with Crippen LogP contribution in [0.4, 0.5) is 5.82 Å². The van der Waals surface area contributed by atoms with Crippen molar-refractivity contribution in [2.24, 2.45) is 0 Å². The number of aldehydes is 1. The number of nitrogens with zero attached hydrogens (tertiary/aromatic N) is 2. The number of carbonyl (C=O) groups is 1. The Hall–Kier alpha value is -1.38. The molecule has 0 saturated heterocycles. The van der Waals surface area contributed by atoms with Crippen molar-refractivity contribution in [3.05, 3.63) is 23.9 Å². The van der Waals surface area contributed by atoms with Gasteiger partial charge in [-0.25, -0.2) is 4.98 Å². The molecule has 0 spiro atoms. The average Bonchev–Trinajstić information content (AvgIpc) is 2.34. The van der Waals surface area contributed by atoms with E-state index >= 15 is 0 Å². The van der Waals surface area contributed by atoms with Crippen LogP contribution >= 0.6 is 0 Å². The predicted molar refractivity (Wildman–Crippen MR) is 71.6 cm³/mol. The summed E-state index contributed by atoms with van der Waals surface area (Å²) in [5, 5.41) is 0. The summed E-state index contributed by atoms with van der Waals surface area (Å²) in [6.07, 6.45) is 6.12. The highest BCUT2D eigenvalue weighted by Gasteiger charge is 2.10. The maximum absolute atomic E-state index is 10.6. The number of carbonyl (C=O) groups excluding carboxylic acids is 1. The summed E-state index contributed by atoms with van der Waals surface area (Å²) < 4.78 is 0. The molecule has 0 aliphatic carbocycles. The Bertz CT molecular complexity index is 333. The molecule has 0 bridgehead atoms. The van der Waals surface area contributed by atoms with Gasteiger partial charge < -0.3 is 4.90 Å². The first-order chi connectivity index (χ1) is 8.19. The average molecular weight is 234 g/mol. The quantitative estimate of drug-likeness (QED) is 0.536. The van der Waals surface area contributed by atoms with Gasteiger partial charge in [0, 0.05) is 24.3 Å². The van der Waals surface area contributed by atoms with Crippen LogP contribution in [0.3, 0.4) is 0 Å². The zero-order chi connectivity index (χ0) is 12.7. The molecule has 0 amide bonds. The molecule has 1 aromatic rings. The topological polar surface area (TPSA) is 33.2 Å². The van der Waals surface area contributed by atoms with Gasteiger partial charge in [-0.2, -0.15) is 0 Å². The van der Waals surface area contributed by atoms with Crippen LogP contribution in [-0.2, 0) is 0 Å². The van der Waals surface area contributed by atoms with Gasteiger partial charge in [0.2, 0.25) is 0 Å². The van der Waals surface area contributed by atoms with E-state index in [4.69, 9.17) is 0 Å². The van der Waals surface area contributed by atoms with E-state index in [0.29, 0.717) is 11.6 Å². The summed E-state index contributed by atoms with van der Waals surface area (Å²) in [6.45, 7) is 7.57. The molecule has 0 N–H and O–H groups in total. The van der Waals surface area contributed by atoms with Crippen molar-refractivity contribution in [2.45, 2.75) is 46.1 Å². The van der Waals surface area contributed by atoms with Crippen LogP contribution in [0.2, 0.25) is 0 Å². The van der Waals surface area contributed by atoms with Crippen LogP contribution in [0, 0.1) is 0 Å². The van der Waals surface area contributed by atoms with Gasteiger partial charge in [0.1, 0.15) is 5.82 Å². The van der Waals surface area contributed by atoms with Crippen LogP contribution in [0.5, 0.6) is 0 Å². The van der Waals surface area contributed by atoms with Crippen LogP contribution < -0.4 is 4.90 Å². The molecule has 0 radical (unpaired) electrons. The molecule has 0 atom stereocenters. The molecule has 17 heavy (non-hydrogen) atoms. The minimum absolute atomic E-state index is 0.432. The minimum atomic E-state index is 0.432. The van der Waals surface area contributed by atoms with E-state index in [2.05, 4.69) is 30.7 Å². The number of pyridine rings is 1. The summed E-state index contributed by atoms with van der Waals surface area (Å²) >= 11 is 0. The van der Waals surface area contributed by atoms with Crippen LogP contribution in [-0.4, -0.2) is 23.9 Å². The number of aromatic nitrogens is 1. The Labute approximate surface area is 104 Å². The van der Waals surface area contributed by atoms with E-state index < -0.39 is 0 Å². The zero-order valence-corrected chi connectivity index (χ0v) is 11.0. The number of anilines is 1. The molecule has 0 fully saturated rings. The first-order valence-corrected chi connectivity index (χ1v) is 6.37. The molecule has 1 rings (SSSR count). The predicted octanol–water partition coefficient (Wildman–Crippen LogP) is 3.30. The van der Waals surface area contributed by atoms with Crippen molar-refractivity contribution in [1.82, 2.24) is 4.98 Å². The van der Waals surface area contributed by atoms with Gasteiger partial charge in [-0.15, -0.1) is 0 Å². The lowest BCUT2D eigenvalue weighted by Gasteiger charge is -2.27. The van der Waals surface area contributed by atoms with Gasteiger partial charge in [-0.05, 0) is 32.4 Å². The van der Waals surface area contributed by atoms with Crippen molar-refractivity contribution in [3.63, 3.8) is 0 Å². The van der Waals surface area contributed by atoms with Gasteiger partial charge in [0.25, 0.3) is 0 Å². The summed E-state index contributed by atoms with van der Waals surface area (Å²) in [5.74, 6) is 0.960. The minimum Gasteiger partial charge on any atom is -0.354 e. The van der Waals surface area contributed by atoms with Gasteiger partial charge in [-0.1, -0.05) is 19.8 Å². The Morgan fingerprint density at radius 3 is 2.59 bits per heavy atom. The second-order valence-corrected chi connectivity index (χ2v) is 4.56. The molecule has 1 heterocycles. The number of rotatable bonds is 7. The van der Waals surface area contributed by atoms with Gasteiger partial charge in [0.15, 0.2) is 6.29 Å². The molecule has 0 aromatic carbocycles. The first kappa shape index (κ1) is 13.7. The third kappa shape index (κ3) is 4.17. The highest BCUT2D eigenvalue weighted by atomic mass is 16.1. The fraction of sp³-hybridized carbons (Fsp3) is 0.571. The number of hydrogen-bond acceptors (Lipinski definition) is 3. The standard InChI is InChI=1S/C14H22N2O/c1-4-5-6-9-16(12(2)3)14-8-7-13(11-17)10-15-14/h7-8,10-12H,4-6,9H2,1-3H3. The summed E-state index contributed by atoms with van der Waals surface area (Å²) in [6, 6.07) is 4.18. The molecule has 0 saturated carbocycles. The lowest BCUT2D eigenvalue weighted by atomic mass is 10.2. The van der Waals surface area contributed by atoms with Crippen molar-refractivity contribution < 1.29 is 4.79 Å². The Morgan fingerprint density at radius 2 is 2.12 bits per heavy atom. The molecule has 0 aliphatic rings. The van der Waals surface area contributed by atoms with Gasteiger partial charge >= 0.3 is 0 Å². The fourth-order valence-corrected chi connectivity index (χ4v) is 1.81. The summed E-state index contributed by atoms with van der Waals surface area (Å²) in [5.41, 5.74) is 0.631. The molecular formula is C14H22N2O. The Kier molecular flexibility index (Phi) is 5.67. The second-order valence-electron chi connectivity index (χ2n) is 4.56. The number of unbranched alkanes of at least 4 members (excludes halogenated alkanes) is 2. The second kappa shape index (κ2) is 7.05. The van der Waals surface area contributed by atoms with E-state index in [1.807, 2.05) is 12.1 Å². The van der Waals surface area contributed by atoms with Crippen molar-refractivity contribution >= 4 is 12.1 Å². The molecule has 94 valence electrons. The number of hydrogen-bond donors (Lipinski definition) is 0. The maximum atomic E-state index is 10.6. The molecule has 3 nitrogen and oxygen atoms in total. The van der Waals surface area contributed by atoms with E-state index in [1.165, 1.54) is 19.3 Å². The molecule has 0 unspecified atom stereocenters. The maximum Gasteiger partial charge on any atom is 0.151 e. The normalized spacial score (nSPS) is 10.6. The van der Waals surface area contributed by atoms with Crippen molar-refractivity contribution in [3.8, 4) is 0 Å². The Morgan fingerprint density at radius 1 is 1.35 bits per heavy atom. The van der Waals surface area contributed by atoms with Crippen LogP contribution in [0.25, 0.3) is 0 Å². The first-order valence-electron chi connectivity index (χ1n) is 6.37. The van der Waals surface area contributed by atoms with E-state index in [0.717, 1.165) is 18.6 Å². The lowest BCUT2D eigenvalue weighted by molar-refractivity contribution is 0.112. The largest absolute Gasteiger partial charge is 0.354 e. The van der Waals surface area contributed by atoms with E-state index in [-0.39, 0.29) is 0 Å². The van der Waals surface area contributed by atoms with E-state index in [1.54, 1.807) is 6.20 Å². The van der Waals surface area contributed by atoms with Crippen LogP contribution in [0.1, 0.15) is 50.4 Å². The molecule has 0 aliphatic heterocycles. The van der Waals surface area contributed by atoms with Crippen LogP contribution in [0.15, 0.2) is 18.3 Å². The van der Waals surface area contributed by atoms with E-state index in [9.17, 15) is 4.79 Å². The highest BCUT2D eigenvalue weighted by molar-refractivity contribution is 5.74. The fourth-order valence-electron chi connectivity index (χ4n) is 1.81. The van der Waals surface area contributed by atoms with Gasteiger partial charge in [-0.3, -0.25) is 4.79 Å². The Balaban J connectivity index is 2.71. The SMILES string of the molecule is CCCCCN(c1ccc(C=O)cn1)C(C)C. The third-order valence-corrected chi connectivity index (χ3v) is 2.83.